The second-order valence-electron chi connectivity index (χ2n) is 9.99. The van der Waals surface area contributed by atoms with Gasteiger partial charge in [0, 0.05) is 37.8 Å². The molecule has 14 heteroatoms. The van der Waals surface area contributed by atoms with Gasteiger partial charge in [0.1, 0.15) is 28.2 Å². The zero-order valence-electron chi connectivity index (χ0n) is 21.7. The summed E-state index contributed by atoms with van der Waals surface area (Å²) in [6.07, 6.45) is 1.07. The van der Waals surface area contributed by atoms with Crippen LogP contribution in [0.4, 0.5) is 24.5 Å². The largest absolute Gasteiger partial charge is 0.491 e. The number of hydrogen-bond donors (Lipinski definition) is 2. The third-order valence-electron chi connectivity index (χ3n) is 6.52. The second kappa shape index (κ2) is 11.0. The lowest BCUT2D eigenvalue weighted by atomic mass is 10.1. The van der Waals surface area contributed by atoms with Crippen molar-refractivity contribution in [3.8, 4) is 5.75 Å². The molecule has 2 N–H and O–H groups in total. The number of nitrogens with zero attached hydrogens (tertiary/aromatic N) is 2. The maximum Gasteiger partial charge on any atom is 0.334 e. The Kier molecular flexibility index (Phi) is 8.92. The van der Waals surface area contributed by atoms with Gasteiger partial charge in [-0.05, 0) is 63.8 Å². The van der Waals surface area contributed by atoms with Crippen LogP contribution in [0.5, 0.6) is 5.75 Å². The van der Waals surface area contributed by atoms with Crippen LogP contribution < -0.4 is 9.64 Å². The van der Waals surface area contributed by atoms with E-state index in [0.717, 1.165) is 11.2 Å². The Hall–Kier alpha value is -1.76. The second-order valence-corrected chi connectivity index (χ2v) is 15.1. The summed E-state index contributed by atoms with van der Waals surface area (Å²) >= 11 is 1.23. The Morgan fingerprint density at radius 1 is 1.16 bits per heavy atom. The van der Waals surface area contributed by atoms with E-state index < -0.39 is 53.6 Å². The van der Waals surface area contributed by atoms with E-state index in [1.165, 1.54) is 63.0 Å². The molecule has 0 saturated carbocycles. The number of sulfonamides is 1. The number of alkyl halides is 2. The average Bonchev–Trinajstić information content (AvgIpc) is 2.88. The molecular formula is C24H32F3N2O6PS2. The van der Waals surface area contributed by atoms with Gasteiger partial charge in [0.2, 0.25) is 15.9 Å². The number of halogens is 3. The Labute approximate surface area is 225 Å². The molecule has 1 heterocycles. The Morgan fingerprint density at radius 3 is 2.29 bits per heavy atom. The normalized spacial score (nSPS) is 18.7. The fraction of sp³-hybridized carbons (Fsp3) is 0.500. The maximum atomic E-state index is 13.8. The SMILES string of the molecule is CSc1cc2c(cc1OCC(C)(C)P(=O)(O)O)S(=O)(=O)N(C)[C@H](CCC(C)(F)F)CN2c1ccc(F)cc1. The van der Waals surface area contributed by atoms with Gasteiger partial charge in [0.15, 0.2) is 0 Å². The molecule has 0 spiro atoms. The lowest BCUT2D eigenvalue weighted by Gasteiger charge is -2.30. The van der Waals surface area contributed by atoms with Gasteiger partial charge >= 0.3 is 7.60 Å². The van der Waals surface area contributed by atoms with E-state index in [0.29, 0.717) is 10.6 Å². The summed E-state index contributed by atoms with van der Waals surface area (Å²) in [5, 5.41) is -1.54. The van der Waals surface area contributed by atoms with Gasteiger partial charge < -0.3 is 19.4 Å². The third kappa shape index (κ3) is 6.68. The van der Waals surface area contributed by atoms with Crippen LogP contribution in [0.1, 0.15) is 33.6 Å². The van der Waals surface area contributed by atoms with Crippen LogP contribution in [0.15, 0.2) is 46.2 Å². The van der Waals surface area contributed by atoms with Crippen molar-refractivity contribution >= 4 is 40.8 Å². The van der Waals surface area contributed by atoms with Crippen molar-refractivity contribution in [3.63, 3.8) is 0 Å². The van der Waals surface area contributed by atoms with Crippen LogP contribution in [0, 0.1) is 5.82 Å². The van der Waals surface area contributed by atoms with Crippen molar-refractivity contribution in [2.24, 2.45) is 0 Å². The fourth-order valence-electron chi connectivity index (χ4n) is 3.89. The predicted molar refractivity (Wildman–Crippen MR) is 142 cm³/mol. The molecule has 0 unspecified atom stereocenters. The predicted octanol–water partition coefficient (Wildman–Crippen LogP) is 5.46. The monoisotopic (exact) mass is 596 g/mol. The van der Waals surface area contributed by atoms with Crippen molar-refractivity contribution in [3.05, 3.63) is 42.2 Å². The quantitative estimate of drug-likeness (QED) is 0.291. The summed E-state index contributed by atoms with van der Waals surface area (Å²) in [6.45, 7) is 3.09. The highest BCUT2D eigenvalue weighted by Gasteiger charge is 2.41. The average molecular weight is 597 g/mol. The van der Waals surface area contributed by atoms with Gasteiger partial charge in [-0.2, -0.15) is 4.31 Å². The highest BCUT2D eigenvalue weighted by molar-refractivity contribution is 7.98. The summed E-state index contributed by atoms with van der Waals surface area (Å²) in [5.41, 5.74) is 0.718. The highest BCUT2D eigenvalue weighted by Crippen LogP contribution is 2.51. The molecule has 0 radical (unpaired) electrons. The maximum absolute atomic E-state index is 13.8. The van der Waals surface area contributed by atoms with Gasteiger partial charge in [0.05, 0.1) is 10.6 Å². The molecule has 8 nitrogen and oxygen atoms in total. The van der Waals surface area contributed by atoms with Gasteiger partial charge in [-0.25, -0.2) is 21.6 Å². The molecule has 2 aromatic rings. The number of anilines is 2. The minimum Gasteiger partial charge on any atom is -0.491 e. The Morgan fingerprint density at radius 2 is 1.76 bits per heavy atom. The minimum absolute atomic E-state index is 0.0315. The number of fused-ring (bicyclic) bond motifs is 1. The van der Waals surface area contributed by atoms with Gasteiger partial charge in [-0.15, -0.1) is 11.8 Å². The van der Waals surface area contributed by atoms with Crippen molar-refractivity contribution in [1.29, 1.82) is 0 Å². The van der Waals surface area contributed by atoms with E-state index in [-0.39, 0.29) is 29.3 Å². The molecule has 1 aliphatic heterocycles. The number of thioether (sulfide) groups is 1. The van der Waals surface area contributed by atoms with Crippen LogP contribution in [0.3, 0.4) is 0 Å². The summed E-state index contributed by atoms with van der Waals surface area (Å²) in [4.78, 5) is 21.3. The third-order valence-corrected chi connectivity index (χ3v) is 10.9. The summed E-state index contributed by atoms with van der Waals surface area (Å²) in [5.74, 6) is -3.38. The summed E-state index contributed by atoms with van der Waals surface area (Å²) in [6, 6.07) is 7.44. The molecule has 1 atom stereocenters. The van der Waals surface area contributed by atoms with Gasteiger partial charge in [0.25, 0.3) is 0 Å². The van der Waals surface area contributed by atoms with Gasteiger partial charge in [-0.1, -0.05) is 0 Å². The first-order chi connectivity index (χ1) is 17.4. The lowest BCUT2D eigenvalue weighted by Crippen LogP contribution is -2.41. The van der Waals surface area contributed by atoms with Crippen molar-refractivity contribution in [2.75, 3.05) is 31.4 Å². The van der Waals surface area contributed by atoms with E-state index in [1.807, 2.05) is 0 Å². The molecular weight excluding hydrogens is 564 g/mol. The number of benzene rings is 2. The van der Waals surface area contributed by atoms with E-state index in [4.69, 9.17) is 4.74 Å². The summed E-state index contributed by atoms with van der Waals surface area (Å²) in [7, 11) is -7.43. The first-order valence-corrected chi connectivity index (χ1v) is 15.9. The zero-order valence-corrected chi connectivity index (χ0v) is 24.2. The zero-order chi connectivity index (χ0) is 28.7. The number of likely N-dealkylation sites (N-methyl/N-ethyl adjacent to an activating group) is 1. The molecule has 0 amide bonds. The van der Waals surface area contributed by atoms with E-state index in [9.17, 15) is 35.9 Å². The van der Waals surface area contributed by atoms with Crippen molar-refractivity contribution in [2.45, 2.75) is 60.5 Å². The minimum atomic E-state index is -4.54. The first-order valence-electron chi connectivity index (χ1n) is 11.7. The smallest absolute Gasteiger partial charge is 0.334 e. The molecule has 0 bridgehead atoms. The summed E-state index contributed by atoms with van der Waals surface area (Å²) < 4.78 is 87.4. The molecule has 0 saturated heterocycles. The molecule has 0 aromatic heterocycles. The van der Waals surface area contributed by atoms with Crippen molar-refractivity contribution < 1.29 is 40.7 Å². The number of rotatable bonds is 9. The molecule has 38 heavy (non-hydrogen) atoms. The molecule has 2 aromatic carbocycles. The first kappa shape index (κ1) is 30.8. The topological polar surface area (TPSA) is 107 Å². The molecule has 1 aliphatic rings. The van der Waals surface area contributed by atoms with Crippen LogP contribution in [0.2, 0.25) is 0 Å². The Balaban J connectivity index is 2.17. The molecule has 3 rings (SSSR count). The molecule has 212 valence electrons. The Bertz CT molecular complexity index is 1310. The molecule has 0 fully saturated rings. The lowest BCUT2D eigenvalue weighted by molar-refractivity contribution is 0.00679. The van der Waals surface area contributed by atoms with Crippen molar-refractivity contribution in [1.82, 2.24) is 4.31 Å². The van der Waals surface area contributed by atoms with E-state index >= 15 is 0 Å². The highest BCUT2D eigenvalue weighted by atomic mass is 32.2. The van der Waals surface area contributed by atoms with Crippen LogP contribution in [0.25, 0.3) is 0 Å². The fourth-order valence-corrected chi connectivity index (χ4v) is 6.24. The van der Waals surface area contributed by atoms with Crippen LogP contribution >= 0.6 is 19.4 Å². The van der Waals surface area contributed by atoms with Crippen LogP contribution in [-0.2, 0) is 14.6 Å². The van der Waals surface area contributed by atoms with Gasteiger partial charge in [-0.3, -0.25) is 4.57 Å². The standard InChI is InChI=1S/C24H32F3N2O6PS2/c1-23(2,36(30,31)32)15-35-20-13-22-19(12-21(20)37-5)29(17-8-6-16(25)7-9-17)14-18(10-11-24(3,26)27)28(4)38(22,33)34/h6-9,12-13,18H,10-11,14-15H2,1-5H3,(H2,30,31,32)/t18-/m1/s1. The molecule has 0 aliphatic carbocycles. The van der Waals surface area contributed by atoms with E-state index in [2.05, 4.69) is 0 Å². The van der Waals surface area contributed by atoms with Crippen LogP contribution in [-0.4, -0.2) is 66.1 Å². The number of hydrogen-bond acceptors (Lipinski definition) is 6. The number of ether oxygens (including phenoxy) is 1. The van der Waals surface area contributed by atoms with E-state index in [1.54, 1.807) is 17.2 Å².